The zero-order valence-electron chi connectivity index (χ0n) is 8.32. The normalized spacial score (nSPS) is 10.5. The summed E-state index contributed by atoms with van der Waals surface area (Å²) in [5.41, 5.74) is 0.737. The van der Waals surface area contributed by atoms with Crippen LogP contribution in [0.1, 0.15) is 10.5 Å². The third kappa shape index (κ3) is 2.65. The Kier molecular flexibility index (Phi) is 3.47. The second-order valence-corrected chi connectivity index (χ2v) is 5.13. The highest BCUT2D eigenvalue weighted by molar-refractivity contribution is 9.10. The van der Waals surface area contributed by atoms with E-state index in [1.54, 1.807) is 24.4 Å². The average molecular weight is 335 g/mol. The molecule has 0 aliphatic carbocycles. The molecule has 3 nitrogen and oxygen atoms in total. The van der Waals surface area contributed by atoms with Crippen LogP contribution in [0.3, 0.4) is 0 Å². The molecule has 0 atom stereocenters. The van der Waals surface area contributed by atoms with Gasteiger partial charge in [-0.2, -0.15) is 0 Å². The topological polar surface area (TPSA) is 42.2 Å². The van der Waals surface area contributed by atoms with E-state index in [9.17, 15) is 4.79 Å². The maximum Gasteiger partial charge on any atom is 0.352 e. The van der Waals surface area contributed by atoms with Crippen LogP contribution < -0.4 is 0 Å². The van der Waals surface area contributed by atoms with Gasteiger partial charge in [-0.15, -0.1) is 0 Å². The highest BCUT2D eigenvalue weighted by Gasteiger charge is 2.13. The number of carboxylic acids is 1. The molecule has 0 aliphatic heterocycles. The lowest BCUT2D eigenvalue weighted by Crippen LogP contribution is -2.05. The Labute approximate surface area is 116 Å². The maximum absolute atomic E-state index is 11.1. The molecule has 0 amide bonds. The van der Waals surface area contributed by atoms with Crippen LogP contribution in [-0.2, 0) is 0 Å². The Morgan fingerprint density at radius 2 is 1.76 bits per heavy atom. The molecule has 2 aromatic rings. The summed E-state index contributed by atoms with van der Waals surface area (Å²) < 4.78 is 2.18. The molecule has 1 N–H and O–H groups in total. The molecule has 0 unspecified atom stereocenters. The average Bonchev–Trinajstić information content (AvgIpc) is 2.59. The van der Waals surface area contributed by atoms with Crippen molar-refractivity contribution in [1.29, 1.82) is 0 Å². The van der Waals surface area contributed by atoms with Gasteiger partial charge in [0, 0.05) is 26.4 Å². The standard InChI is InChI=1S/C11H6BrCl2NO2/c12-6-1-10(11(16)17)15(5-6)9-3-7(13)2-8(14)4-9/h1-5H,(H,16,17). The summed E-state index contributed by atoms with van der Waals surface area (Å²) in [6.07, 6.45) is 1.64. The molecule has 0 bridgehead atoms. The molecule has 0 spiro atoms. The molecule has 0 radical (unpaired) electrons. The molecule has 17 heavy (non-hydrogen) atoms. The van der Waals surface area contributed by atoms with E-state index in [1.165, 1.54) is 10.6 Å². The van der Waals surface area contributed by atoms with Crippen molar-refractivity contribution in [2.24, 2.45) is 0 Å². The van der Waals surface area contributed by atoms with E-state index in [1.807, 2.05) is 0 Å². The van der Waals surface area contributed by atoms with Crippen LogP contribution in [-0.4, -0.2) is 15.6 Å². The van der Waals surface area contributed by atoms with Gasteiger partial charge >= 0.3 is 5.97 Å². The van der Waals surface area contributed by atoms with Crippen LogP contribution in [0.2, 0.25) is 10.0 Å². The lowest BCUT2D eigenvalue weighted by molar-refractivity contribution is 0.0688. The lowest BCUT2D eigenvalue weighted by Gasteiger charge is -2.07. The second kappa shape index (κ2) is 4.72. The van der Waals surface area contributed by atoms with Crippen LogP contribution in [0, 0.1) is 0 Å². The van der Waals surface area contributed by atoms with Crippen LogP contribution in [0.5, 0.6) is 0 Å². The summed E-state index contributed by atoms with van der Waals surface area (Å²) in [6, 6.07) is 6.39. The van der Waals surface area contributed by atoms with Crippen molar-refractivity contribution >= 4 is 45.1 Å². The number of nitrogens with zero attached hydrogens (tertiary/aromatic N) is 1. The molecular formula is C11H6BrCl2NO2. The number of hydrogen-bond acceptors (Lipinski definition) is 1. The fourth-order valence-electron chi connectivity index (χ4n) is 1.49. The minimum absolute atomic E-state index is 0.134. The van der Waals surface area contributed by atoms with Crippen molar-refractivity contribution < 1.29 is 9.90 Å². The molecular weight excluding hydrogens is 329 g/mol. The first-order chi connectivity index (χ1) is 7.97. The number of carbonyl (C=O) groups is 1. The molecule has 88 valence electrons. The number of benzene rings is 1. The maximum atomic E-state index is 11.1. The fourth-order valence-corrected chi connectivity index (χ4v) is 2.42. The third-order valence-corrected chi connectivity index (χ3v) is 3.00. The molecule has 1 heterocycles. The Morgan fingerprint density at radius 3 is 2.29 bits per heavy atom. The molecule has 0 aliphatic rings. The largest absolute Gasteiger partial charge is 0.477 e. The van der Waals surface area contributed by atoms with Gasteiger partial charge in [0.2, 0.25) is 0 Å². The summed E-state index contributed by atoms with van der Waals surface area (Å²) in [5.74, 6) is -1.02. The van der Waals surface area contributed by atoms with Crippen LogP contribution in [0.15, 0.2) is 34.9 Å². The number of rotatable bonds is 2. The summed E-state index contributed by atoms with van der Waals surface area (Å²) in [6.45, 7) is 0. The number of hydrogen-bond donors (Lipinski definition) is 1. The first-order valence-corrected chi connectivity index (χ1v) is 6.10. The van der Waals surface area contributed by atoms with Crippen molar-refractivity contribution in [3.63, 3.8) is 0 Å². The second-order valence-electron chi connectivity index (χ2n) is 3.35. The zero-order chi connectivity index (χ0) is 12.6. The van der Waals surface area contributed by atoms with E-state index in [2.05, 4.69) is 15.9 Å². The molecule has 0 saturated heterocycles. The summed E-state index contributed by atoms with van der Waals surface area (Å²) in [5, 5.41) is 9.98. The first kappa shape index (κ1) is 12.5. The van der Waals surface area contributed by atoms with Crippen LogP contribution in [0.4, 0.5) is 0 Å². The van der Waals surface area contributed by atoms with E-state index in [0.29, 0.717) is 20.2 Å². The Hall–Kier alpha value is -0.970. The number of aromatic carboxylic acids is 1. The van der Waals surface area contributed by atoms with E-state index < -0.39 is 5.97 Å². The molecule has 1 aromatic carbocycles. The molecule has 2 rings (SSSR count). The lowest BCUT2D eigenvalue weighted by atomic mass is 10.3. The molecule has 0 saturated carbocycles. The van der Waals surface area contributed by atoms with E-state index in [-0.39, 0.29) is 5.69 Å². The van der Waals surface area contributed by atoms with Gasteiger partial charge in [0.05, 0.1) is 0 Å². The van der Waals surface area contributed by atoms with Crippen molar-refractivity contribution in [3.8, 4) is 5.69 Å². The first-order valence-electron chi connectivity index (χ1n) is 4.55. The highest BCUT2D eigenvalue weighted by Crippen LogP contribution is 2.25. The van der Waals surface area contributed by atoms with Gasteiger partial charge in [-0.3, -0.25) is 0 Å². The Balaban J connectivity index is 2.63. The van der Waals surface area contributed by atoms with Crippen LogP contribution >= 0.6 is 39.1 Å². The zero-order valence-corrected chi connectivity index (χ0v) is 11.4. The van der Waals surface area contributed by atoms with Gasteiger partial charge in [-0.25, -0.2) is 4.79 Å². The third-order valence-electron chi connectivity index (χ3n) is 2.13. The summed E-state index contributed by atoms with van der Waals surface area (Å²) >= 11 is 15.0. The minimum Gasteiger partial charge on any atom is -0.477 e. The van der Waals surface area contributed by atoms with Crippen LogP contribution in [0.25, 0.3) is 5.69 Å². The SMILES string of the molecule is O=C(O)c1cc(Br)cn1-c1cc(Cl)cc(Cl)c1. The number of carboxylic acid groups (broad SMARTS) is 1. The van der Waals surface area contributed by atoms with Crippen molar-refractivity contribution in [1.82, 2.24) is 4.57 Å². The van der Waals surface area contributed by atoms with Crippen molar-refractivity contribution in [3.05, 3.63) is 50.7 Å². The highest BCUT2D eigenvalue weighted by atomic mass is 79.9. The fraction of sp³-hybridized carbons (Fsp3) is 0. The molecule has 6 heteroatoms. The number of halogens is 3. The van der Waals surface area contributed by atoms with Gasteiger partial charge < -0.3 is 9.67 Å². The van der Waals surface area contributed by atoms with E-state index in [4.69, 9.17) is 28.3 Å². The summed E-state index contributed by atoms with van der Waals surface area (Å²) in [7, 11) is 0. The predicted molar refractivity (Wildman–Crippen MR) is 70.4 cm³/mol. The van der Waals surface area contributed by atoms with Crippen molar-refractivity contribution in [2.45, 2.75) is 0 Å². The van der Waals surface area contributed by atoms with E-state index >= 15 is 0 Å². The predicted octanol–water partition coefficient (Wildman–Crippen LogP) is 4.24. The van der Waals surface area contributed by atoms with Gasteiger partial charge in [0.25, 0.3) is 0 Å². The smallest absolute Gasteiger partial charge is 0.352 e. The molecule has 0 fully saturated rings. The van der Waals surface area contributed by atoms with Gasteiger partial charge in [-0.1, -0.05) is 23.2 Å². The van der Waals surface area contributed by atoms with E-state index in [0.717, 1.165) is 0 Å². The molecule has 1 aromatic heterocycles. The Bertz CT molecular complexity index is 575. The Morgan fingerprint density at radius 1 is 1.18 bits per heavy atom. The van der Waals surface area contributed by atoms with Gasteiger partial charge in [0.1, 0.15) is 5.69 Å². The number of aromatic nitrogens is 1. The monoisotopic (exact) mass is 333 g/mol. The summed E-state index contributed by atoms with van der Waals surface area (Å²) in [4.78, 5) is 11.1. The van der Waals surface area contributed by atoms with Gasteiger partial charge in [0.15, 0.2) is 0 Å². The van der Waals surface area contributed by atoms with Crippen molar-refractivity contribution in [2.75, 3.05) is 0 Å². The van der Waals surface area contributed by atoms with Gasteiger partial charge in [-0.05, 0) is 40.2 Å². The quantitative estimate of drug-likeness (QED) is 0.892. The minimum atomic E-state index is -1.02.